The van der Waals surface area contributed by atoms with E-state index in [2.05, 4.69) is 20.5 Å². The number of nitrogens with one attached hydrogen (secondary N) is 1. The summed E-state index contributed by atoms with van der Waals surface area (Å²) < 4.78 is 9.37. The number of hydrogen-bond donors (Lipinski definition) is 2. The first-order chi connectivity index (χ1) is 15.5. The molecule has 2 aromatic carbocycles. The van der Waals surface area contributed by atoms with Gasteiger partial charge in [0.15, 0.2) is 12.1 Å². The summed E-state index contributed by atoms with van der Waals surface area (Å²) in [5.74, 6) is 0.00858. The second kappa shape index (κ2) is 8.25. The minimum absolute atomic E-state index is 0.0649. The third kappa shape index (κ3) is 3.69. The second-order valence-electron chi connectivity index (χ2n) is 7.66. The first-order valence-corrected chi connectivity index (χ1v) is 10.7. The van der Waals surface area contributed by atoms with Gasteiger partial charge in [0.05, 0.1) is 28.0 Å². The van der Waals surface area contributed by atoms with Crippen molar-refractivity contribution in [2.75, 3.05) is 11.9 Å². The summed E-state index contributed by atoms with van der Waals surface area (Å²) >= 11 is 6.70. The molecule has 1 aliphatic rings. The van der Waals surface area contributed by atoms with Crippen molar-refractivity contribution in [2.45, 2.75) is 25.5 Å². The molecule has 10 heteroatoms. The molecule has 1 saturated heterocycles. The van der Waals surface area contributed by atoms with Gasteiger partial charge in [-0.15, -0.1) is 5.10 Å². The number of halogens is 1. The molecule has 1 unspecified atom stereocenters. The molecule has 1 fully saturated rings. The van der Waals surface area contributed by atoms with Gasteiger partial charge >= 0.3 is 5.97 Å². The third-order valence-electron chi connectivity index (χ3n) is 5.54. The number of ether oxygens (including phenoxy) is 1. The standard InChI is InChI=1S/C22H21ClN6O3/c1-28-22(26-20(27-28)13-5-7-14(8-6-13)21(30)31)25-16-9-10-17-15(19(16)23)12-24-29(17)18-4-2-3-11-32-18/h5-10,12,18H,2-4,11H2,1H3,(H,30,31)(H,25,26,27). The van der Waals surface area contributed by atoms with E-state index in [0.717, 1.165) is 36.8 Å². The first kappa shape index (κ1) is 20.5. The quantitative estimate of drug-likeness (QED) is 0.454. The van der Waals surface area contributed by atoms with Crippen molar-refractivity contribution in [2.24, 2.45) is 7.05 Å². The highest BCUT2D eigenvalue weighted by atomic mass is 35.5. The van der Waals surface area contributed by atoms with E-state index in [4.69, 9.17) is 21.4 Å². The van der Waals surface area contributed by atoms with Crippen LogP contribution in [0.15, 0.2) is 42.6 Å². The molecule has 2 N–H and O–H groups in total. The zero-order valence-corrected chi connectivity index (χ0v) is 18.1. The molecule has 4 aromatic rings. The maximum Gasteiger partial charge on any atom is 0.335 e. The van der Waals surface area contributed by atoms with Gasteiger partial charge in [-0.3, -0.25) is 0 Å². The van der Waals surface area contributed by atoms with Crippen LogP contribution in [-0.2, 0) is 11.8 Å². The molecule has 0 spiro atoms. The molecule has 164 valence electrons. The average molecular weight is 453 g/mol. The number of benzene rings is 2. The number of aromatic carboxylic acids is 1. The van der Waals surface area contributed by atoms with Crippen molar-refractivity contribution in [3.63, 3.8) is 0 Å². The normalized spacial score (nSPS) is 16.4. The molecule has 1 atom stereocenters. The molecule has 32 heavy (non-hydrogen) atoms. The topological polar surface area (TPSA) is 107 Å². The van der Waals surface area contributed by atoms with Crippen LogP contribution in [-0.4, -0.2) is 42.2 Å². The molecule has 0 bridgehead atoms. The van der Waals surface area contributed by atoms with Gasteiger partial charge in [0.1, 0.15) is 0 Å². The van der Waals surface area contributed by atoms with E-state index in [1.807, 2.05) is 16.8 Å². The Bertz CT molecular complexity index is 1290. The van der Waals surface area contributed by atoms with Gasteiger partial charge in [0.25, 0.3) is 0 Å². The molecular weight excluding hydrogens is 432 g/mol. The highest BCUT2D eigenvalue weighted by Crippen LogP contribution is 2.35. The van der Waals surface area contributed by atoms with Crippen LogP contribution >= 0.6 is 11.6 Å². The lowest BCUT2D eigenvalue weighted by atomic mass is 10.1. The van der Waals surface area contributed by atoms with E-state index in [1.165, 1.54) is 12.1 Å². The zero-order chi connectivity index (χ0) is 22.2. The number of carboxylic acid groups (broad SMARTS) is 1. The molecule has 0 amide bonds. The van der Waals surface area contributed by atoms with Gasteiger partial charge in [-0.1, -0.05) is 23.7 Å². The lowest BCUT2D eigenvalue weighted by molar-refractivity contribution is -0.0366. The molecular formula is C22H21ClN6O3. The van der Waals surface area contributed by atoms with Gasteiger partial charge in [-0.2, -0.15) is 10.1 Å². The van der Waals surface area contributed by atoms with Crippen LogP contribution in [0.4, 0.5) is 11.6 Å². The SMILES string of the molecule is Cn1nc(-c2ccc(C(=O)O)cc2)nc1Nc1ccc2c(cnn2C2CCCCO2)c1Cl. The number of aromatic nitrogens is 5. The number of carboxylic acids is 1. The van der Waals surface area contributed by atoms with Crippen LogP contribution in [0, 0.1) is 0 Å². The molecule has 5 rings (SSSR count). The molecule has 0 saturated carbocycles. The fraction of sp³-hybridized carbons (Fsp3) is 0.273. The number of fused-ring (bicyclic) bond motifs is 1. The summed E-state index contributed by atoms with van der Waals surface area (Å²) in [7, 11) is 1.77. The average Bonchev–Trinajstić information content (AvgIpc) is 3.40. The fourth-order valence-electron chi connectivity index (χ4n) is 3.83. The first-order valence-electron chi connectivity index (χ1n) is 10.3. The Balaban J connectivity index is 1.42. The summed E-state index contributed by atoms with van der Waals surface area (Å²) in [4.78, 5) is 15.6. The molecule has 3 heterocycles. The van der Waals surface area contributed by atoms with Crippen molar-refractivity contribution >= 4 is 40.1 Å². The van der Waals surface area contributed by atoms with Crippen LogP contribution in [0.25, 0.3) is 22.3 Å². The minimum Gasteiger partial charge on any atom is -0.478 e. The predicted octanol–water partition coefficient (Wildman–Crippen LogP) is 4.63. The van der Waals surface area contributed by atoms with Crippen molar-refractivity contribution < 1.29 is 14.6 Å². The van der Waals surface area contributed by atoms with E-state index in [9.17, 15) is 4.79 Å². The number of rotatable bonds is 5. The largest absolute Gasteiger partial charge is 0.478 e. The van der Waals surface area contributed by atoms with Gasteiger partial charge < -0.3 is 15.2 Å². The van der Waals surface area contributed by atoms with Gasteiger partial charge in [-0.25, -0.2) is 14.2 Å². The van der Waals surface area contributed by atoms with E-state index in [-0.39, 0.29) is 11.8 Å². The molecule has 9 nitrogen and oxygen atoms in total. The highest BCUT2D eigenvalue weighted by Gasteiger charge is 2.20. The summed E-state index contributed by atoms with van der Waals surface area (Å²) in [6.45, 7) is 0.743. The van der Waals surface area contributed by atoms with Crippen LogP contribution < -0.4 is 5.32 Å². The molecule has 0 radical (unpaired) electrons. The maximum atomic E-state index is 11.1. The van der Waals surface area contributed by atoms with Crippen LogP contribution in [0.2, 0.25) is 5.02 Å². The minimum atomic E-state index is -0.976. The van der Waals surface area contributed by atoms with E-state index in [1.54, 1.807) is 30.1 Å². The van der Waals surface area contributed by atoms with Gasteiger partial charge in [-0.05, 0) is 43.5 Å². The second-order valence-corrected chi connectivity index (χ2v) is 8.04. The number of aryl methyl sites for hydroxylation is 1. The zero-order valence-electron chi connectivity index (χ0n) is 17.3. The van der Waals surface area contributed by atoms with Crippen molar-refractivity contribution in [3.8, 4) is 11.4 Å². The van der Waals surface area contributed by atoms with Crippen molar-refractivity contribution in [1.82, 2.24) is 24.5 Å². The Kier molecular flexibility index (Phi) is 5.28. The smallest absolute Gasteiger partial charge is 0.335 e. The van der Waals surface area contributed by atoms with E-state index < -0.39 is 5.97 Å². The number of carbonyl (C=O) groups is 1. The molecule has 2 aromatic heterocycles. The number of anilines is 2. The van der Waals surface area contributed by atoms with Gasteiger partial charge in [0, 0.05) is 24.6 Å². The Morgan fingerprint density at radius 1 is 1.22 bits per heavy atom. The lowest BCUT2D eigenvalue weighted by Gasteiger charge is -2.23. The molecule has 1 aliphatic heterocycles. The summed E-state index contributed by atoms with van der Waals surface area (Å²) in [6.07, 6.45) is 4.82. The number of hydrogen-bond acceptors (Lipinski definition) is 6. The van der Waals surface area contributed by atoms with Crippen LogP contribution in [0.5, 0.6) is 0 Å². The highest BCUT2D eigenvalue weighted by molar-refractivity contribution is 6.38. The Labute approximate surface area is 188 Å². The Morgan fingerprint density at radius 3 is 2.75 bits per heavy atom. The Morgan fingerprint density at radius 2 is 2.03 bits per heavy atom. The Hall–Kier alpha value is -3.43. The molecule has 0 aliphatic carbocycles. The fourth-order valence-corrected chi connectivity index (χ4v) is 4.08. The van der Waals surface area contributed by atoms with Crippen LogP contribution in [0.3, 0.4) is 0 Å². The van der Waals surface area contributed by atoms with Crippen molar-refractivity contribution in [3.05, 3.63) is 53.2 Å². The number of nitrogens with zero attached hydrogens (tertiary/aromatic N) is 5. The monoisotopic (exact) mass is 452 g/mol. The van der Waals surface area contributed by atoms with E-state index in [0.29, 0.717) is 28.0 Å². The van der Waals surface area contributed by atoms with Gasteiger partial charge in [0.2, 0.25) is 5.95 Å². The third-order valence-corrected chi connectivity index (χ3v) is 5.95. The van der Waals surface area contributed by atoms with Crippen LogP contribution in [0.1, 0.15) is 35.8 Å². The van der Waals surface area contributed by atoms with E-state index >= 15 is 0 Å². The summed E-state index contributed by atoms with van der Waals surface area (Å²) in [5.41, 5.74) is 2.53. The van der Waals surface area contributed by atoms with Crippen molar-refractivity contribution in [1.29, 1.82) is 0 Å². The summed E-state index contributed by atoms with van der Waals surface area (Å²) in [6, 6.07) is 10.3. The lowest BCUT2D eigenvalue weighted by Crippen LogP contribution is -2.18. The predicted molar refractivity (Wildman–Crippen MR) is 120 cm³/mol. The summed E-state index contributed by atoms with van der Waals surface area (Å²) in [5, 5.41) is 22.6. The maximum absolute atomic E-state index is 11.1.